The standard InChI is InChI=1S/C12H15N3O3/c1-13-5-10(17)11(18)7-2-9-8(6-16)4-15-12(9)14-3-7/h2-4,6,10-11,13,17-18H,5H2,1H3,(H,14,15). The van der Waals surface area contributed by atoms with E-state index < -0.39 is 12.2 Å². The number of carbonyl (C=O) groups excluding carboxylic acids is 1. The normalized spacial score (nSPS) is 14.6. The highest BCUT2D eigenvalue weighted by molar-refractivity contribution is 5.95. The molecular weight excluding hydrogens is 234 g/mol. The molecule has 0 aromatic carbocycles. The maximum Gasteiger partial charge on any atom is 0.152 e. The minimum atomic E-state index is -1.04. The van der Waals surface area contributed by atoms with Crippen molar-refractivity contribution in [2.45, 2.75) is 12.2 Å². The van der Waals surface area contributed by atoms with Gasteiger partial charge in [0.2, 0.25) is 0 Å². The Hall–Kier alpha value is -1.76. The zero-order valence-electron chi connectivity index (χ0n) is 9.92. The van der Waals surface area contributed by atoms with E-state index in [0.29, 0.717) is 22.2 Å². The van der Waals surface area contributed by atoms with Crippen LogP contribution in [-0.4, -0.2) is 46.2 Å². The number of aldehydes is 1. The van der Waals surface area contributed by atoms with Crippen molar-refractivity contribution in [3.63, 3.8) is 0 Å². The van der Waals surface area contributed by atoms with E-state index in [9.17, 15) is 15.0 Å². The first-order chi connectivity index (χ1) is 8.67. The van der Waals surface area contributed by atoms with Crippen LogP contribution in [-0.2, 0) is 0 Å². The molecular formula is C12H15N3O3. The van der Waals surface area contributed by atoms with Gasteiger partial charge in [0, 0.05) is 35.5 Å². The van der Waals surface area contributed by atoms with E-state index in [2.05, 4.69) is 15.3 Å². The maximum atomic E-state index is 10.8. The van der Waals surface area contributed by atoms with E-state index in [-0.39, 0.29) is 6.54 Å². The summed E-state index contributed by atoms with van der Waals surface area (Å²) >= 11 is 0. The van der Waals surface area contributed by atoms with Gasteiger partial charge >= 0.3 is 0 Å². The van der Waals surface area contributed by atoms with Crippen molar-refractivity contribution in [3.05, 3.63) is 29.6 Å². The first-order valence-electron chi connectivity index (χ1n) is 5.60. The molecule has 2 heterocycles. The summed E-state index contributed by atoms with van der Waals surface area (Å²) in [7, 11) is 1.69. The number of aromatic amines is 1. The van der Waals surface area contributed by atoms with Crippen LogP contribution in [0.2, 0.25) is 0 Å². The number of likely N-dealkylation sites (N-methyl/N-ethyl adjacent to an activating group) is 1. The first kappa shape index (κ1) is 12.7. The summed E-state index contributed by atoms with van der Waals surface area (Å²) in [5, 5.41) is 23.1. The van der Waals surface area contributed by atoms with Crippen LogP contribution in [0.25, 0.3) is 11.0 Å². The van der Waals surface area contributed by atoms with Gasteiger partial charge in [-0.15, -0.1) is 0 Å². The van der Waals surface area contributed by atoms with Crippen molar-refractivity contribution < 1.29 is 15.0 Å². The number of rotatable bonds is 5. The van der Waals surface area contributed by atoms with E-state index in [1.165, 1.54) is 6.20 Å². The van der Waals surface area contributed by atoms with E-state index in [0.717, 1.165) is 6.29 Å². The van der Waals surface area contributed by atoms with Gasteiger partial charge in [0.15, 0.2) is 6.29 Å². The molecule has 2 unspecified atom stereocenters. The quantitative estimate of drug-likeness (QED) is 0.559. The van der Waals surface area contributed by atoms with Gasteiger partial charge in [0.25, 0.3) is 0 Å². The van der Waals surface area contributed by atoms with Crippen molar-refractivity contribution in [3.8, 4) is 0 Å². The maximum absolute atomic E-state index is 10.8. The van der Waals surface area contributed by atoms with Crippen LogP contribution in [0.4, 0.5) is 0 Å². The number of pyridine rings is 1. The van der Waals surface area contributed by atoms with Crippen LogP contribution < -0.4 is 5.32 Å². The molecule has 0 amide bonds. The molecule has 2 rings (SSSR count). The van der Waals surface area contributed by atoms with Gasteiger partial charge in [0.1, 0.15) is 11.8 Å². The fourth-order valence-electron chi connectivity index (χ4n) is 1.84. The van der Waals surface area contributed by atoms with Gasteiger partial charge in [-0.2, -0.15) is 0 Å². The Kier molecular flexibility index (Phi) is 3.71. The summed E-state index contributed by atoms with van der Waals surface area (Å²) < 4.78 is 0. The molecule has 0 aliphatic heterocycles. The molecule has 0 bridgehead atoms. The molecule has 0 aliphatic carbocycles. The summed E-state index contributed by atoms with van der Waals surface area (Å²) in [6.07, 6.45) is 1.80. The second-order valence-corrected chi connectivity index (χ2v) is 4.10. The van der Waals surface area contributed by atoms with Gasteiger partial charge in [-0.25, -0.2) is 4.98 Å². The molecule has 0 spiro atoms. The number of carbonyl (C=O) groups is 1. The molecule has 0 radical (unpaired) electrons. The monoisotopic (exact) mass is 249 g/mol. The van der Waals surface area contributed by atoms with Gasteiger partial charge < -0.3 is 20.5 Å². The van der Waals surface area contributed by atoms with Gasteiger partial charge in [-0.1, -0.05) is 0 Å². The lowest BCUT2D eigenvalue weighted by molar-refractivity contribution is 0.0201. The molecule has 0 saturated carbocycles. The van der Waals surface area contributed by atoms with Gasteiger partial charge in [-0.05, 0) is 13.1 Å². The van der Waals surface area contributed by atoms with E-state index in [1.807, 2.05) is 0 Å². The Morgan fingerprint density at radius 3 is 3.00 bits per heavy atom. The Labute approximate surface area is 104 Å². The number of H-pyrrole nitrogens is 1. The van der Waals surface area contributed by atoms with Crippen molar-refractivity contribution in [1.29, 1.82) is 0 Å². The number of aliphatic hydroxyl groups excluding tert-OH is 2. The molecule has 96 valence electrons. The lowest BCUT2D eigenvalue weighted by Crippen LogP contribution is -2.29. The van der Waals surface area contributed by atoms with Gasteiger partial charge in [-0.3, -0.25) is 4.79 Å². The van der Waals surface area contributed by atoms with E-state index in [4.69, 9.17) is 0 Å². The smallest absolute Gasteiger partial charge is 0.152 e. The highest BCUT2D eigenvalue weighted by Gasteiger charge is 2.19. The zero-order chi connectivity index (χ0) is 13.1. The van der Waals surface area contributed by atoms with E-state index in [1.54, 1.807) is 19.3 Å². The Morgan fingerprint density at radius 1 is 1.56 bits per heavy atom. The van der Waals surface area contributed by atoms with Crippen LogP contribution >= 0.6 is 0 Å². The third-order valence-corrected chi connectivity index (χ3v) is 2.83. The molecule has 2 aromatic rings. The Balaban J connectivity index is 2.36. The fourth-order valence-corrected chi connectivity index (χ4v) is 1.84. The molecule has 6 nitrogen and oxygen atoms in total. The predicted octanol–water partition coefficient (Wildman–Crippen LogP) is -0.0109. The number of aliphatic hydroxyl groups is 2. The lowest BCUT2D eigenvalue weighted by atomic mass is 10.0. The number of hydrogen-bond acceptors (Lipinski definition) is 5. The molecule has 0 fully saturated rings. The van der Waals surface area contributed by atoms with Crippen LogP contribution in [0, 0.1) is 0 Å². The minimum absolute atomic E-state index is 0.271. The van der Waals surface area contributed by atoms with Crippen LogP contribution in [0.1, 0.15) is 22.0 Å². The number of fused-ring (bicyclic) bond motifs is 1. The summed E-state index contributed by atoms with van der Waals surface area (Å²) in [4.78, 5) is 17.8. The number of aromatic nitrogens is 2. The molecule has 0 aliphatic rings. The number of hydrogen-bond donors (Lipinski definition) is 4. The largest absolute Gasteiger partial charge is 0.389 e. The minimum Gasteiger partial charge on any atom is -0.389 e. The molecule has 4 N–H and O–H groups in total. The average molecular weight is 249 g/mol. The Morgan fingerprint density at radius 2 is 2.33 bits per heavy atom. The molecule has 2 atom stereocenters. The molecule has 2 aromatic heterocycles. The van der Waals surface area contributed by atoms with E-state index >= 15 is 0 Å². The Bertz CT molecular complexity index is 552. The van der Waals surface area contributed by atoms with Gasteiger partial charge in [0.05, 0.1) is 6.10 Å². The first-order valence-corrected chi connectivity index (χ1v) is 5.60. The SMILES string of the molecule is CNCC(O)C(O)c1cnc2[nH]cc(C=O)c2c1. The molecule has 6 heteroatoms. The van der Waals surface area contributed by atoms with Crippen LogP contribution in [0.15, 0.2) is 18.5 Å². The summed E-state index contributed by atoms with van der Waals surface area (Å²) in [6.45, 7) is 0.271. The molecule has 18 heavy (non-hydrogen) atoms. The van der Waals surface area contributed by atoms with Crippen molar-refractivity contribution in [2.24, 2.45) is 0 Å². The average Bonchev–Trinajstić information content (AvgIpc) is 2.80. The highest BCUT2D eigenvalue weighted by atomic mass is 16.3. The lowest BCUT2D eigenvalue weighted by Gasteiger charge is -2.17. The fraction of sp³-hybridized carbons (Fsp3) is 0.333. The second-order valence-electron chi connectivity index (χ2n) is 4.10. The van der Waals surface area contributed by atoms with Crippen molar-refractivity contribution in [1.82, 2.24) is 15.3 Å². The molecule has 0 saturated heterocycles. The second kappa shape index (κ2) is 5.26. The van der Waals surface area contributed by atoms with Crippen LogP contribution in [0.3, 0.4) is 0 Å². The third-order valence-electron chi connectivity index (χ3n) is 2.83. The topological polar surface area (TPSA) is 98.2 Å². The number of nitrogens with zero attached hydrogens (tertiary/aromatic N) is 1. The predicted molar refractivity (Wildman–Crippen MR) is 66.4 cm³/mol. The highest BCUT2D eigenvalue weighted by Crippen LogP contribution is 2.22. The third kappa shape index (κ3) is 2.26. The van der Waals surface area contributed by atoms with Crippen LogP contribution in [0.5, 0.6) is 0 Å². The van der Waals surface area contributed by atoms with Crippen molar-refractivity contribution >= 4 is 17.3 Å². The van der Waals surface area contributed by atoms with Crippen molar-refractivity contribution in [2.75, 3.05) is 13.6 Å². The summed E-state index contributed by atoms with van der Waals surface area (Å²) in [5.74, 6) is 0. The number of nitrogens with one attached hydrogen (secondary N) is 2. The summed E-state index contributed by atoms with van der Waals surface area (Å²) in [6, 6.07) is 1.66. The summed E-state index contributed by atoms with van der Waals surface area (Å²) in [5.41, 5.74) is 1.54. The zero-order valence-corrected chi connectivity index (χ0v) is 9.92.